The minimum absolute atomic E-state index is 0.0896. The SMILES string of the molecule is CNC(C)NC(=O)OCc1ccccc1. The van der Waals surface area contributed by atoms with E-state index in [2.05, 4.69) is 10.6 Å². The van der Waals surface area contributed by atoms with Gasteiger partial charge in [0.1, 0.15) is 6.61 Å². The second-order valence-corrected chi connectivity index (χ2v) is 3.22. The van der Waals surface area contributed by atoms with Crippen molar-refractivity contribution in [3.05, 3.63) is 35.9 Å². The lowest BCUT2D eigenvalue weighted by Gasteiger charge is -2.12. The predicted octanol–water partition coefficient (Wildman–Crippen LogP) is 1.48. The van der Waals surface area contributed by atoms with Gasteiger partial charge in [0.05, 0.1) is 6.17 Å². The van der Waals surface area contributed by atoms with Gasteiger partial charge in [-0.25, -0.2) is 4.79 Å². The Kier molecular flexibility index (Phi) is 4.63. The highest BCUT2D eigenvalue weighted by Crippen LogP contribution is 2.00. The molecular formula is C11H16N2O2. The van der Waals surface area contributed by atoms with E-state index in [0.717, 1.165) is 5.56 Å². The molecule has 15 heavy (non-hydrogen) atoms. The third-order valence-corrected chi connectivity index (χ3v) is 1.98. The summed E-state index contributed by atoms with van der Waals surface area (Å²) >= 11 is 0. The van der Waals surface area contributed by atoms with Gasteiger partial charge in [0.2, 0.25) is 0 Å². The minimum Gasteiger partial charge on any atom is -0.445 e. The van der Waals surface area contributed by atoms with Gasteiger partial charge < -0.3 is 15.4 Å². The standard InChI is InChI=1S/C11H16N2O2/c1-9(12-2)13-11(14)15-8-10-6-4-3-5-7-10/h3-7,9,12H,8H2,1-2H3,(H,13,14). The van der Waals surface area contributed by atoms with Crippen LogP contribution in [-0.2, 0) is 11.3 Å². The maximum absolute atomic E-state index is 11.2. The van der Waals surface area contributed by atoms with E-state index < -0.39 is 6.09 Å². The molecular weight excluding hydrogens is 192 g/mol. The molecule has 82 valence electrons. The molecule has 0 aliphatic rings. The average Bonchev–Trinajstić information content (AvgIpc) is 2.27. The molecule has 0 aliphatic carbocycles. The molecule has 1 aromatic rings. The van der Waals surface area contributed by atoms with Crippen molar-refractivity contribution < 1.29 is 9.53 Å². The molecule has 1 aromatic carbocycles. The van der Waals surface area contributed by atoms with Crippen molar-refractivity contribution in [1.82, 2.24) is 10.6 Å². The van der Waals surface area contributed by atoms with Crippen LogP contribution in [0.25, 0.3) is 0 Å². The Morgan fingerprint density at radius 3 is 2.67 bits per heavy atom. The number of carbonyl (C=O) groups excluding carboxylic acids is 1. The number of rotatable bonds is 4. The smallest absolute Gasteiger partial charge is 0.408 e. The Hall–Kier alpha value is -1.55. The van der Waals surface area contributed by atoms with Gasteiger partial charge in [0.15, 0.2) is 0 Å². The minimum atomic E-state index is -0.416. The van der Waals surface area contributed by atoms with Crippen LogP contribution in [0.5, 0.6) is 0 Å². The van der Waals surface area contributed by atoms with Crippen LogP contribution in [0, 0.1) is 0 Å². The van der Waals surface area contributed by atoms with E-state index in [-0.39, 0.29) is 6.17 Å². The molecule has 0 aromatic heterocycles. The highest BCUT2D eigenvalue weighted by Gasteiger charge is 2.05. The highest BCUT2D eigenvalue weighted by molar-refractivity contribution is 5.67. The predicted molar refractivity (Wildman–Crippen MR) is 58.3 cm³/mol. The molecule has 0 saturated heterocycles. The van der Waals surface area contributed by atoms with E-state index in [1.807, 2.05) is 37.3 Å². The molecule has 0 bridgehead atoms. The fourth-order valence-electron chi connectivity index (χ4n) is 1.01. The molecule has 0 spiro atoms. The molecule has 1 unspecified atom stereocenters. The summed E-state index contributed by atoms with van der Waals surface area (Å²) in [5, 5.41) is 5.51. The number of amides is 1. The maximum Gasteiger partial charge on any atom is 0.408 e. The lowest BCUT2D eigenvalue weighted by Crippen LogP contribution is -2.41. The number of hydrogen-bond donors (Lipinski definition) is 2. The van der Waals surface area contributed by atoms with Crippen molar-refractivity contribution in [3.63, 3.8) is 0 Å². The zero-order chi connectivity index (χ0) is 11.1. The topological polar surface area (TPSA) is 50.4 Å². The molecule has 0 aliphatic heterocycles. The number of alkyl carbamates (subject to hydrolysis) is 1. The summed E-state index contributed by atoms with van der Waals surface area (Å²) in [7, 11) is 1.77. The monoisotopic (exact) mass is 208 g/mol. The molecule has 0 saturated carbocycles. The van der Waals surface area contributed by atoms with E-state index in [1.165, 1.54) is 0 Å². The van der Waals surface area contributed by atoms with Crippen LogP contribution in [0.15, 0.2) is 30.3 Å². The van der Waals surface area contributed by atoms with Crippen LogP contribution < -0.4 is 10.6 Å². The summed E-state index contributed by atoms with van der Waals surface area (Å²) in [5.41, 5.74) is 0.977. The van der Waals surface area contributed by atoms with Gasteiger partial charge in [0, 0.05) is 0 Å². The average molecular weight is 208 g/mol. The number of carbonyl (C=O) groups is 1. The van der Waals surface area contributed by atoms with Gasteiger partial charge in [0.25, 0.3) is 0 Å². The van der Waals surface area contributed by atoms with E-state index in [0.29, 0.717) is 6.61 Å². The van der Waals surface area contributed by atoms with Gasteiger partial charge in [-0.05, 0) is 19.5 Å². The van der Waals surface area contributed by atoms with Crippen LogP contribution >= 0.6 is 0 Å². The Bertz CT molecular complexity index is 301. The van der Waals surface area contributed by atoms with Crippen molar-refractivity contribution in [2.24, 2.45) is 0 Å². The Labute approximate surface area is 89.6 Å². The van der Waals surface area contributed by atoms with Gasteiger partial charge in [-0.3, -0.25) is 0 Å². The van der Waals surface area contributed by atoms with Crippen molar-refractivity contribution in [1.29, 1.82) is 0 Å². The molecule has 1 rings (SSSR count). The molecule has 2 N–H and O–H groups in total. The summed E-state index contributed by atoms with van der Waals surface area (Å²) in [6.07, 6.45) is -0.506. The second-order valence-electron chi connectivity index (χ2n) is 3.22. The molecule has 1 amide bonds. The van der Waals surface area contributed by atoms with Gasteiger partial charge >= 0.3 is 6.09 Å². The van der Waals surface area contributed by atoms with Crippen molar-refractivity contribution in [2.75, 3.05) is 7.05 Å². The quantitative estimate of drug-likeness (QED) is 0.737. The number of benzene rings is 1. The lowest BCUT2D eigenvalue weighted by atomic mass is 10.2. The fourth-order valence-corrected chi connectivity index (χ4v) is 1.01. The first-order chi connectivity index (χ1) is 7.22. The second kappa shape index (κ2) is 6.03. The van der Waals surface area contributed by atoms with Gasteiger partial charge in [-0.2, -0.15) is 0 Å². The largest absolute Gasteiger partial charge is 0.445 e. The molecule has 0 radical (unpaired) electrons. The first-order valence-corrected chi connectivity index (χ1v) is 4.87. The van der Waals surface area contributed by atoms with E-state index in [9.17, 15) is 4.79 Å². The Morgan fingerprint density at radius 1 is 1.40 bits per heavy atom. The maximum atomic E-state index is 11.2. The summed E-state index contributed by atoms with van der Waals surface area (Å²) in [6.45, 7) is 2.13. The number of ether oxygens (including phenoxy) is 1. The Balaban J connectivity index is 2.29. The summed E-state index contributed by atoms with van der Waals surface area (Å²) < 4.78 is 5.01. The first-order valence-electron chi connectivity index (χ1n) is 4.87. The third-order valence-electron chi connectivity index (χ3n) is 1.98. The summed E-state index contributed by atoms with van der Waals surface area (Å²) in [4.78, 5) is 11.2. The zero-order valence-electron chi connectivity index (χ0n) is 8.99. The fraction of sp³-hybridized carbons (Fsp3) is 0.364. The van der Waals surface area contributed by atoms with Crippen LogP contribution in [0.2, 0.25) is 0 Å². The van der Waals surface area contributed by atoms with Gasteiger partial charge in [-0.15, -0.1) is 0 Å². The van der Waals surface area contributed by atoms with Crippen molar-refractivity contribution in [2.45, 2.75) is 19.7 Å². The molecule has 0 heterocycles. The van der Waals surface area contributed by atoms with E-state index >= 15 is 0 Å². The highest BCUT2D eigenvalue weighted by atomic mass is 16.5. The summed E-state index contributed by atoms with van der Waals surface area (Å²) in [6, 6.07) is 9.57. The molecule has 4 nitrogen and oxygen atoms in total. The lowest BCUT2D eigenvalue weighted by molar-refractivity contribution is 0.135. The van der Waals surface area contributed by atoms with Crippen molar-refractivity contribution >= 4 is 6.09 Å². The van der Waals surface area contributed by atoms with Crippen molar-refractivity contribution in [3.8, 4) is 0 Å². The number of hydrogen-bond acceptors (Lipinski definition) is 3. The molecule has 4 heteroatoms. The summed E-state index contributed by atoms with van der Waals surface area (Å²) in [5.74, 6) is 0. The zero-order valence-corrected chi connectivity index (χ0v) is 8.99. The van der Waals surface area contributed by atoms with Crippen LogP contribution in [-0.4, -0.2) is 19.3 Å². The van der Waals surface area contributed by atoms with Gasteiger partial charge in [-0.1, -0.05) is 30.3 Å². The van der Waals surface area contributed by atoms with E-state index in [1.54, 1.807) is 7.05 Å². The van der Waals surface area contributed by atoms with Crippen LogP contribution in [0.4, 0.5) is 4.79 Å². The molecule has 0 fully saturated rings. The van der Waals surface area contributed by atoms with Crippen LogP contribution in [0.3, 0.4) is 0 Å². The third kappa shape index (κ3) is 4.46. The molecule has 1 atom stereocenters. The normalized spacial score (nSPS) is 11.9. The Morgan fingerprint density at radius 2 is 2.07 bits per heavy atom. The van der Waals surface area contributed by atoms with Crippen LogP contribution in [0.1, 0.15) is 12.5 Å². The van der Waals surface area contributed by atoms with E-state index in [4.69, 9.17) is 4.74 Å². The number of nitrogens with one attached hydrogen (secondary N) is 2. The first kappa shape index (κ1) is 11.5.